The molecule has 0 aliphatic rings. The molecule has 0 saturated heterocycles. The first kappa shape index (κ1) is 12.1. The van der Waals surface area contributed by atoms with E-state index in [-0.39, 0.29) is 11.0 Å². The fourth-order valence-corrected chi connectivity index (χ4v) is 0.632. The molecule has 0 saturated carbocycles. The van der Waals surface area contributed by atoms with Crippen molar-refractivity contribution in [3.63, 3.8) is 0 Å². The van der Waals surface area contributed by atoms with Crippen molar-refractivity contribution in [2.45, 2.75) is 47.1 Å². The van der Waals surface area contributed by atoms with Gasteiger partial charge >= 0.3 is 0 Å². The van der Waals surface area contributed by atoms with Crippen LogP contribution in [0.3, 0.4) is 0 Å². The molecule has 0 atom stereocenters. The van der Waals surface area contributed by atoms with Crippen LogP contribution in [-0.2, 0) is 0 Å². The van der Waals surface area contributed by atoms with E-state index in [9.17, 15) is 0 Å². The van der Waals surface area contributed by atoms with Crippen LogP contribution in [0.5, 0.6) is 0 Å². The third-order valence-corrected chi connectivity index (χ3v) is 1.03. The van der Waals surface area contributed by atoms with Gasteiger partial charge in [0.25, 0.3) is 0 Å². The van der Waals surface area contributed by atoms with Gasteiger partial charge in [-0.15, -0.1) is 0 Å². The number of hydrogen-bond donors (Lipinski definition) is 1. The summed E-state index contributed by atoms with van der Waals surface area (Å²) in [7, 11) is 0. The zero-order valence-electron chi connectivity index (χ0n) is 9.55. The molecule has 0 aliphatic heterocycles. The lowest BCUT2D eigenvalue weighted by Gasteiger charge is -2.13. The van der Waals surface area contributed by atoms with Gasteiger partial charge in [0.1, 0.15) is 0 Å². The number of aliphatic imine (C=N–C) groups is 2. The SMILES string of the molecule is CC(C)(C)/C=N\C(N)=NC(C)(C)C. The van der Waals surface area contributed by atoms with Crippen molar-refractivity contribution in [2.24, 2.45) is 21.1 Å². The Labute approximate surface area is 81.2 Å². The summed E-state index contributed by atoms with van der Waals surface area (Å²) < 4.78 is 0. The van der Waals surface area contributed by atoms with E-state index in [2.05, 4.69) is 30.8 Å². The molecule has 0 spiro atoms. The molecule has 0 rings (SSSR count). The number of nitrogens with zero attached hydrogens (tertiary/aromatic N) is 2. The zero-order valence-corrected chi connectivity index (χ0v) is 9.55. The Balaban J connectivity index is 4.40. The maximum atomic E-state index is 5.62. The maximum absolute atomic E-state index is 5.62. The van der Waals surface area contributed by atoms with E-state index in [0.29, 0.717) is 5.96 Å². The van der Waals surface area contributed by atoms with Crippen LogP contribution in [0.15, 0.2) is 9.98 Å². The number of guanidine groups is 1. The molecule has 0 fully saturated rings. The summed E-state index contributed by atoms with van der Waals surface area (Å²) in [4.78, 5) is 8.29. The highest BCUT2D eigenvalue weighted by molar-refractivity contribution is 5.87. The van der Waals surface area contributed by atoms with Crippen molar-refractivity contribution in [1.29, 1.82) is 0 Å². The normalized spacial score (nSPS) is 15.4. The predicted molar refractivity (Wildman–Crippen MR) is 59.3 cm³/mol. The molecule has 0 aromatic rings. The Morgan fingerprint density at radius 3 is 1.85 bits per heavy atom. The minimum Gasteiger partial charge on any atom is -0.368 e. The molecule has 0 radical (unpaired) electrons. The average Bonchev–Trinajstić information content (AvgIpc) is 1.78. The van der Waals surface area contributed by atoms with Crippen molar-refractivity contribution >= 4 is 12.2 Å². The fourth-order valence-electron chi connectivity index (χ4n) is 0.632. The molecule has 13 heavy (non-hydrogen) atoms. The standard InChI is InChI=1S/C10H21N3/c1-9(2,3)7-12-8(11)13-10(4,5)6/h7H,1-6H3,(H2,11,13)/b12-7-. The first-order valence-corrected chi connectivity index (χ1v) is 4.51. The Morgan fingerprint density at radius 2 is 1.54 bits per heavy atom. The van der Waals surface area contributed by atoms with E-state index in [1.807, 2.05) is 27.0 Å². The summed E-state index contributed by atoms with van der Waals surface area (Å²) in [5.41, 5.74) is 5.52. The molecule has 0 aromatic carbocycles. The fraction of sp³-hybridized carbons (Fsp3) is 0.800. The lowest BCUT2D eigenvalue weighted by molar-refractivity contribution is 0.581. The van der Waals surface area contributed by atoms with Gasteiger partial charge in [0.15, 0.2) is 0 Å². The quantitative estimate of drug-likeness (QED) is 0.454. The first-order valence-electron chi connectivity index (χ1n) is 4.51. The van der Waals surface area contributed by atoms with E-state index in [0.717, 1.165) is 0 Å². The molecule has 0 aliphatic carbocycles. The van der Waals surface area contributed by atoms with Crippen LogP contribution in [0.1, 0.15) is 41.5 Å². The Bertz CT molecular complexity index is 213. The van der Waals surface area contributed by atoms with E-state index in [1.165, 1.54) is 0 Å². The smallest absolute Gasteiger partial charge is 0.215 e. The minimum atomic E-state index is -0.153. The van der Waals surface area contributed by atoms with Gasteiger partial charge in [-0.2, -0.15) is 0 Å². The molecule has 3 nitrogen and oxygen atoms in total. The summed E-state index contributed by atoms with van der Waals surface area (Å²) in [6, 6.07) is 0. The van der Waals surface area contributed by atoms with Gasteiger partial charge in [0.05, 0.1) is 5.54 Å². The first-order chi connectivity index (χ1) is 5.60. The molecule has 2 N–H and O–H groups in total. The van der Waals surface area contributed by atoms with E-state index < -0.39 is 0 Å². The second-order valence-electron chi connectivity index (χ2n) is 5.27. The number of nitrogens with two attached hydrogens (primary N) is 1. The van der Waals surface area contributed by atoms with E-state index in [4.69, 9.17) is 5.73 Å². The van der Waals surface area contributed by atoms with Crippen LogP contribution in [0, 0.1) is 5.41 Å². The second-order valence-corrected chi connectivity index (χ2v) is 5.27. The molecule has 0 bridgehead atoms. The maximum Gasteiger partial charge on any atom is 0.215 e. The summed E-state index contributed by atoms with van der Waals surface area (Å²) in [5, 5.41) is 0. The average molecular weight is 183 g/mol. The van der Waals surface area contributed by atoms with Gasteiger partial charge in [-0.05, 0) is 26.2 Å². The molecular weight excluding hydrogens is 162 g/mol. The van der Waals surface area contributed by atoms with Crippen LogP contribution in [0.25, 0.3) is 0 Å². The molecule has 0 unspecified atom stereocenters. The number of rotatable bonds is 0. The van der Waals surface area contributed by atoms with Crippen molar-refractivity contribution in [2.75, 3.05) is 0 Å². The summed E-state index contributed by atoms with van der Waals surface area (Å²) >= 11 is 0. The monoisotopic (exact) mass is 183 g/mol. The van der Waals surface area contributed by atoms with Crippen LogP contribution < -0.4 is 5.73 Å². The van der Waals surface area contributed by atoms with Gasteiger partial charge in [-0.1, -0.05) is 20.8 Å². The highest BCUT2D eigenvalue weighted by Gasteiger charge is 2.08. The topological polar surface area (TPSA) is 50.7 Å². The lowest BCUT2D eigenvalue weighted by Crippen LogP contribution is -2.20. The Kier molecular flexibility index (Phi) is 3.64. The zero-order chi connectivity index (χ0) is 10.7. The van der Waals surface area contributed by atoms with E-state index >= 15 is 0 Å². The van der Waals surface area contributed by atoms with Gasteiger partial charge < -0.3 is 5.73 Å². The summed E-state index contributed by atoms with van der Waals surface area (Å²) in [6.45, 7) is 12.2. The van der Waals surface area contributed by atoms with Gasteiger partial charge in [-0.25, -0.2) is 9.98 Å². The van der Waals surface area contributed by atoms with Crippen LogP contribution in [0.2, 0.25) is 0 Å². The Morgan fingerprint density at radius 1 is 1.08 bits per heavy atom. The third-order valence-electron chi connectivity index (χ3n) is 1.03. The highest BCUT2D eigenvalue weighted by Crippen LogP contribution is 2.09. The van der Waals surface area contributed by atoms with Crippen molar-refractivity contribution in [1.82, 2.24) is 0 Å². The van der Waals surface area contributed by atoms with Gasteiger partial charge in [0.2, 0.25) is 5.96 Å². The molecular formula is C10H21N3. The molecule has 76 valence electrons. The van der Waals surface area contributed by atoms with Crippen molar-refractivity contribution in [3.05, 3.63) is 0 Å². The summed E-state index contributed by atoms with van der Waals surface area (Å²) in [5.74, 6) is 0.349. The van der Waals surface area contributed by atoms with Gasteiger partial charge in [0, 0.05) is 6.21 Å². The third kappa shape index (κ3) is 9.05. The largest absolute Gasteiger partial charge is 0.368 e. The van der Waals surface area contributed by atoms with E-state index in [1.54, 1.807) is 0 Å². The van der Waals surface area contributed by atoms with Crippen molar-refractivity contribution < 1.29 is 0 Å². The lowest BCUT2D eigenvalue weighted by atomic mass is 9.99. The predicted octanol–water partition coefficient (Wildman–Crippen LogP) is 2.22. The molecule has 3 heteroatoms. The molecule has 0 heterocycles. The minimum absolute atomic E-state index is 0.0536. The van der Waals surface area contributed by atoms with Crippen molar-refractivity contribution in [3.8, 4) is 0 Å². The molecule has 0 amide bonds. The number of hydrogen-bond acceptors (Lipinski definition) is 1. The molecule has 0 aromatic heterocycles. The Hall–Kier alpha value is -0.860. The summed E-state index contributed by atoms with van der Waals surface area (Å²) in [6.07, 6.45) is 1.82. The van der Waals surface area contributed by atoms with Gasteiger partial charge in [-0.3, -0.25) is 0 Å². The second kappa shape index (κ2) is 3.90. The highest BCUT2D eigenvalue weighted by atomic mass is 15.1. The van der Waals surface area contributed by atoms with Crippen LogP contribution in [0.4, 0.5) is 0 Å². The van der Waals surface area contributed by atoms with Crippen LogP contribution >= 0.6 is 0 Å². The van der Waals surface area contributed by atoms with Crippen LogP contribution in [-0.4, -0.2) is 17.7 Å².